The number of carbonyl (C=O) groups excluding carboxylic acids is 1. The van der Waals surface area contributed by atoms with Crippen molar-refractivity contribution in [3.63, 3.8) is 0 Å². The van der Waals surface area contributed by atoms with Crippen molar-refractivity contribution in [2.75, 3.05) is 0 Å². The molecule has 1 aliphatic rings. The fourth-order valence-corrected chi connectivity index (χ4v) is 4.07. The van der Waals surface area contributed by atoms with Gasteiger partial charge in [-0.15, -0.1) is 0 Å². The molecule has 1 aliphatic carbocycles. The number of thiazole rings is 1. The van der Waals surface area contributed by atoms with E-state index in [4.69, 9.17) is 4.74 Å². The Labute approximate surface area is 132 Å². The Morgan fingerprint density at radius 2 is 2.14 bits per heavy atom. The number of esters is 1. The SMILES string of the molecule is Cc1sc[n+](CC(=O)OC2CC(C)CCC2C(C)C)c1C. The second-order valence-corrected chi connectivity index (χ2v) is 7.91. The molecule has 3 nitrogen and oxygen atoms in total. The smallest absolute Gasteiger partial charge is 0.373 e. The molecular weight excluding hydrogens is 282 g/mol. The zero-order valence-electron chi connectivity index (χ0n) is 13.9. The van der Waals surface area contributed by atoms with E-state index >= 15 is 0 Å². The first-order chi connectivity index (χ1) is 9.88. The van der Waals surface area contributed by atoms with Crippen LogP contribution in [0.3, 0.4) is 0 Å². The van der Waals surface area contributed by atoms with Crippen molar-refractivity contribution in [2.24, 2.45) is 17.8 Å². The number of hydrogen-bond acceptors (Lipinski definition) is 3. The summed E-state index contributed by atoms with van der Waals surface area (Å²) in [6.07, 6.45) is 3.55. The van der Waals surface area contributed by atoms with E-state index in [1.807, 2.05) is 10.1 Å². The van der Waals surface area contributed by atoms with Gasteiger partial charge in [0.1, 0.15) is 6.10 Å². The molecule has 0 aromatic carbocycles. The molecule has 1 aromatic heterocycles. The third kappa shape index (κ3) is 4.06. The minimum Gasteiger partial charge on any atom is -0.457 e. The van der Waals surface area contributed by atoms with E-state index in [2.05, 4.69) is 34.6 Å². The molecule has 1 aromatic rings. The normalized spacial score (nSPS) is 26.1. The standard InChI is InChI=1S/C17H28NO2S/c1-11(2)15-7-6-12(3)8-16(15)20-17(19)9-18-10-21-14(5)13(18)4/h10-12,15-16H,6-9H2,1-5H3/q+1. The zero-order chi connectivity index (χ0) is 15.6. The van der Waals surface area contributed by atoms with Crippen LogP contribution in [0, 0.1) is 31.6 Å². The van der Waals surface area contributed by atoms with Crippen LogP contribution in [0.15, 0.2) is 5.51 Å². The molecule has 2 rings (SSSR count). The molecule has 0 radical (unpaired) electrons. The van der Waals surface area contributed by atoms with Crippen molar-refractivity contribution in [1.82, 2.24) is 0 Å². The zero-order valence-corrected chi connectivity index (χ0v) is 14.7. The summed E-state index contributed by atoms with van der Waals surface area (Å²) in [5.41, 5.74) is 3.17. The molecule has 1 fully saturated rings. The van der Waals surface area contributed by atoms with E-state index in [1.165, 1.54) is 17.7 Å². The summed E-state index contributed by atoms with van der Waals surface area (Å²) >= 11 is 1.68. The number of nitrogens with zero attached hydrogens (tertiary/aromatic N) is 1. The number of ether oxygens (including phenoxy) is 1. The molecule has 1 heterocycles. The van der Waals surface area contributed by atoms with Gasteiger partial charge in [-0.3, -0.25) is 0 Å². The third-order valence-electron chi connectivity index (χ3n) is 4.84. The van der Waals surface area contributed by atoms with Gasteiger partial charge in [0.25, 0.3) is 0 Å². The van der Waals surface area contributed by atoms with Gasteiger partial charge in [0.15, 0.2) is 5.69 Å². The van der Waals surface area contributed by atoms with Crippen molar-refractivity contribution in [3.8, 4) is 0 Å². The van der Waals surface area contributed by atoms with Crippen LogP contribution in [0.25, 0.3) is 0 Å². The van der Waals surface area contributed by atoms with E-state index in [0.717, 1.165) is 12.1 Å². The number of hydrogen-bond donors (Lipinski definition) is 0. The summed E-state index contributed by atoms with van der Waals surface area (Å²) in [5.74, 6) is 1.66. The molecule has 3 unspecified atom stereocenters. The lowest BCUT2D eigenvalue weighted by atomic mass is 9.75. The maximum absolute atomic E-state index is 12.3. The number of carbonyl (C=O) groups is 1. The minimum absolute atomic E-state index is 0.0920. The first kappa shape index (κ1) is 16.5. The Balaban J connectivity index is 1.98. The van der Waals surface area contributed by atoms with Crippen LogP contribution in [0.5, 0.6) is 0 Å². The Morgan fingerprint density at radius 3 is 2.71 bits per heavy atom. The van der Waals surface area contributed by atoms with Gasteiger partial charge in [-0.2, -0.15) is 4.57 Å². The fourth-order valence-electron chi connectivity index (χ4n) is 3.26. The van der Waals surface area contributed by atoms with Crippen LogP contribution in [-0.4, -0.2) is 12.1 Å². The molecule has 3 atom stereocenters. The number of aryl methyl sites for hydroxylation is 1. The predicted molar refractivity (Wildman–Crippen MR) is 85.2 cm³/mol. The van der Waals surface area contributed by atoms with Crippen molar-refractivity contribution in [1.29, 1.82) is 0 Å². The Hall–Kier alpha value is -0.900. The highest BCUT2D eigenvalue weighted by Crippen LogP contribution is 2.35. The lowest BCUT2D eigenvalue weighted by molar-refractivity contribution is -0.687. The van der Waals surface area contributed by atoms with Crippen LogP contribution in [0.2, 0.25) is 0 Å². The lowest BCUT2D eigenvalue weighted by Crippen LogP contribution is -2.43. The van der Waals surface area contributed by atoms with E-state index in [-0.39, 0.29) is 12.1 Å². The van der Waals surface area contributed by atoms with Crippen LogP contribution < -0.4 is 4.57 Å². The van der Waals surface area contributed by atoms with E-state index < -0.39 is 0 Å². The molecule has 0 spiro atoms. The first-order valence-electron chi connectivity index (χ1n) is 8.02. The van der Waals surface area contributed by atoms with Crippen molar-refractivity contribution >= 4 is 17.3 Å². The van der Waals surface area contributed by atoms with Gasteiger partial charge in [-0.25, -0.2) is 4.79 Å². The van der Waals surface area contributed by atoms with Gasteiger partial charge in [0, 0.05) is 6.92 Å². The Bertz CT molecular complexity index is 495. The molecule has 21 heavy (non-hydrogen) atoms. The molecule has 0 aliphatic heterocycles. The van der Waals surface area contributed by atoms with E-state index in [9.17, 15) is 4.79 Å². The molecule has 0 amide bonds. The van der Waals surface area contributed by atoms with Crippen LogP contribution in [0.1, 0.15) is 50.6 Å². The Morgan fingerprint density at radius 1 is 1.43 bits per heavy atom. The fraction of sp³-hybridized carbons (Fsp3) is 0.765. The second kappa shape index (κ2) is 6.91. The van der Waals surface area contributed by atoms with Gasteiger partial charge >= 0.3 is 5.97 Å². The second-order valence-electron chi connectivity index (χ2n) is 6.85. The van der Waals surface area contributed by atoms with Crippen molar-refractivity contribution in [3.05, 3.63) is 16.1 Å². The molecular formula is C17H28NO2S+. The van der Waals surface area contributed by atoms with Gasteiger partial charge in [-0.05, 0) is 37.5 Å². The lowest BCUT2D eigenvalue weighted by Gasteiger charge is -2.36. The monoisotopic (exact) mass is 310 g/mol. The van der Waals surface area contributed by atoms with Crippen LogP contribution in [-0.2, 0) is 16.1 Å². The third-order valence-corrected chi connectivity index (χ3v) is 5.85. The molecule has 0 bridgehead atoms. The van der Waals surface area contributed by atoms with Crippen LogP contribution in [0.4, 0.5) is 0 Å². The minimum atomic E-state index is -0.0920. The number of rotatable bonds is 4. The van der Waals surface area contributed by atoms with Gasteiger partial charge in [0.05, 0.1) is 4.88 Å². The first-order valence-corrected chi connectivity index (χ1v) is 8.90. The topological polar surface area (TPSA) is 30.2 Å². The largest absolute Gasteiger partial charge is 0.457 e. The maximum atomic E-state index is 12.3. The highest BCUT2D eigenvalue weighted by atomic mass is 32.1. The van der Waals surface area contributed by atoms with E-state index in [0.29, 0.717) is 24.3 Å². The quantitative estimate of drug-likeness (QED) is 0.627. The summed E-state index contributed by atoms with van der Waals surface area (Å²) in [6.45, 7) is 11.2. The summed E-state index contributed by atoms with van der Waals surface area (Å²) < 4.78 is 7.85. The number of aromatic nitrogens is 1. The summed E-state index contributed by atoms with van der Waals surface area (Å²) in [6, 6.07) is 0. The molecule has 118 valence electrons. The average molecular weight is 310 g/mol. The summed E-state index contributed by atoms with van der Waals surface area (Å²) in [5, 5.41) is 0. The average Bonchev–Trinajstić information content (AvgIpc) is 2.70. The Kier molecular flexibility index (Phi) is 5.42. The van der Waals surface area contributed by atoms with Gasteiger partial charge < -0.3 is 4.74 Å². The highest BCUT2D eigenvalue weighted by Gasteiger charge is 2.34. The maximum Gasteiger partial charge on any atom is 0.373 e. The summed E-state index contributed by atoms with van der Waals surface area (Å²) in [4.78, 5) is 13.5. The van der Waals surface area contributed by atoms with Gasteiger partial charge in [-0.1, -0.05) is 38.5 Å². The highest BCUT2D eigenvalue weighted by molar-refractivity contribution is 7.09. The molecule has 0 saturated heterocycles. The van der Waals surface area contributed by atoms with Gasteiger partial charge in [0.2, 0.25) is 12.1 Å². The molecule has 4 heteroatoms. The van der Waals surface area contributed by atoms with Crippen LogP contribution >= 0.6 is 11.3 Å². The van der Waals surface area contributed by atoms with E-state index in [1.54, 1.807) is 11.3 Å². The predicted octanol–water partition coefficient (Wildman–Crippen LogP) is 3.66. The molecule has 0 N–H and O–H groups in total. The molecule has 1 saturated carbocycles. The van der Waals surface area contributed by atoms with Crippen molar-refractivity contribution < 1.29 is 14.1 Å². The van der Waals surface area contributed by atoms with Crippen molar-refractivity contribution in [2.45, 2.75) is 66.5 Å². The summed E-state index contributed by atoms with van der Waals surface area (Å²) in [7, 11) is 0.